The van der Waals surface area contributed by atoms with E-state index in [1.807, 2.05) is 0 Å². The lowest BCUT2D eigenvalue weighted by atomic mass is 10.4. The molecule has 0 spiro atoms. The molecule has 0 aromatic heterocycles. The summed E-state index contributed by atoms with van der Waals surface area (Å²) in [4.78, 5) is 0. The van der Waals surface area contributed by atoms with E-state index in [0.29, 0.717) is 5.16 Å². The zero-order chi connectivity index (χ0) is 16.3. The van der Waals surface area contributed by atoms with E-state index >= 15 is 0 Å². The first kappa shape index (κ1) is 19.1. The average molecular weight is 357 g/mol. The van der Waals surface area contributed by atoms with Gasteiger partial charge in [-0.1, -0.05) is 42.4 Å². The van der Waals surface area contributed by atoms with Crippen LogP contribution in [0.3, 0.4) is 0 Å². The topological polar surface area (TPSA) is 18.5 Å². The molecule has 1 aromatic rings. The molecule has 1 rings (SSSR count). The van der Waals surface area contributed by atoms with Crippen molar-refractivity contribution in [3.05, 3.63) is 30.3 Å². The van der Waals surface area contributed by atoms with E-state index in [9.17, 15) is 0 Å². The first-order valence-electron chi connectivity index (χ1n) is 7.86. The van der Waals surface area contributed by atoms with Crippen molar-refractivity contribution in [2.45, 2.75) is 57.9 Å². The Morgan fingerprint density at radius 3 is 1.62 bits per heavy atom. The highest BCUT2D eigenvalue weighted by molar-refractivity contribution is 6.92. The molecule has 6 heteroatoms. The standard InChI is InChI=1S/C15H32O2Si4/c1-14(18-15-12-10-9-11-13-15)21(8,16-19(2,3)4)17-20(5,6)7/h9-14H,18H2,1-8H3. The molecule has 1 atom stereocenters. The SMILES string of the molecule is CC([SiH2]c1ccccc1)[Si](C)(O[Si](C)(C)C)O[Si](C)(C)C. The average Bonchev–Trinajstić information content (AvgIpc) is 2.24. The largest absolute Gasteiger partial charge is 0.437 e. The molecule has 0 N–H and O–H groups in total. The highest BCUT2D eigenvalue weighted by Crippen LogP contribution is 2.30. The van der Waals surface area contributed by atoms with Gasteiger partial charge in [0.2, 0.25) is 0 Å². The van der Waals surface area contributed by atoms with Gasteiger partial charge in [-0.05, 0) is 51.0 Å². The van der Waals surface area contributed by atoms with Crippen molar-refractivity contribution in [2.75, 3.05) is 0 Å². The van der Waals surface area contributed by atoms with Crippen molar-refractivity contribution in [1.29, 1.82) is 0 Å². The highest BCUT2D eigenvalue weighted by atomic mass is 28.5. The molecular weight excluding hydrogens is 325 g/mol. The fourth-order valence-electron chi connectivity index (χ4n) is 2.59. The van der Waals surface area contributed by atoms with E-state index in [4.69, 9.17) is 8.23 Å². The summed E-state index contributed by atoms with van der Waals surface area (Å²) in [6.07, 6.45) is 0. The van der Waals surface area contributed by atoms with E-state index < -0.39 is 25.2 Å². The highest BCUT2D eigenvalue weighted by Gasteiger charge is 2.44. The molecule has 1 unspecified atom stereocenters. The first-order valence-corrected chi connectivity index (χ1v) is 18.6. The first-order chi connectivity index (χ1) is 9.41. The van der Waals surface area contributed by atoms with Crippen LogP contribution < -0.4 is 5.19 Å². The lowest BCUT2D eigenvalue weighted by Crippen LogP contribution is -2.56. The molecule has 0 radical (unpaired) electrons. The van der Waals surface area contributed by atoms with Crippen molar-refractivity contribution in [2.24, 2.45) is 0 Å². The molecule has 0 aliphatic heterocycles. The Balaban J connectivity index is 2.94. The third-order valence-electron chi connectivity index (χ3n) is 3.30. The Labute approximate surface area is 136 Å². The van der Waals surface area contributed by atoms with Gasteiger partial charge in [-0.2, -0.15) is 0 Å². The zero-order valence-electron chi connectivity index (χ0n) is 15.0. The van der Waals surface area contributed by atoms with E-state index in [1.165, 1.54) is 5.19 Å². The van der Waals surface area contributed by atoms with Crippen LogP contribution in [-0.4, -0.2) is 34.7 Å². The van der Waals surface area contributed by atoms with Crippen LogP contribution in [0.2, 0.25) is 51.0 Å². The van der Waals surface area contributed by atoms with Crippen LogP contribution in [0.5, 0.6) is 0 Å². The van der Waals surface area contributed by atoms with Gasteiger partial charge in [0.05, 0.1) is 9.52 Å². The summed E-state index contributed by atoms with van der Waals surface area (Å²) in [5.41, 5.74) is 0. The minimum Gasteiger partial charge on any atom is -0.437 e. The predicted molar refractivity (Wildman–Crippen MR) is 105 cm³/mol. The van der Waals surface area contributed by atoms with Crippen molar-refractivity contribution < 1.29 is 8.23 Å². The Morgan fingerprint density at radius 1 is 0.810 bits per heavy atom. The Kier molecular flexibility index (Phi) is 6.40. The summed E-state index contributed by atoms with van der Waals surface area (Å²) < 4.78 is 13.3. The minimum absolute atomic E-state index is 0.373. The Hall–Kier alpha value is 0.00753. The molecule has 0 saturated heterocycles. The molecule has 0 amide bonds. The van der Waals surface area contributed by atoms with Gasteiger partial charge in [0, 0.05) is 0 Å². The third kappa shape index (κ3) is 7.21. The molecule has 0 fully saturated rings. The Bertz CT molecular complexity index is 421. The van der Waals surface area contributed by atoms with Crippen LogP contribution in [0.4, 0.5) is 0 Å². The van der Waals surface area contributed by atoms with Crippen LogP contribution in [0.1, 0.15) is 6.92 Å². The zero-order valence-corrected chi connectivity index (χ0v) is 19.4. The van der Waals surface area contributed by atoms with Gasteiger partial charge in [-0.15, -0.1) is 0 Å². The summed E-state index contributed by atoms with van der Waals surface area (Å²) in [6, 6.07) is 10.9. The smallest absolute Gasteiger partial charge is 0.314 e. The number of hydrogen-bond acceptors (Lipinski definition) is 2. The molecule has 2 nitrogen and oxygen atoms in total. The molecular formula is C15H32O2Si4. The molecule has 0 aliphatic carbocycles. The van der Waals surface area contributed by atoms with Crippen molar-refractivity contribution in [3.8, 4) is 0 Å². The molecule has 1 aromatic carbocycles. The molecule has 0 bridgehead atoms. The number of benzene rings is 1. The van der Waals surface area contributed by atoms with E-state index in [2.05, 4.69) is 83.1 Å². The van der Waals surface area contributed by atoms with E-state index in [0.717, 1.165) is 0 Å². The van der Waals surface area contributed by atoms with Crippen LogP contribution >= 0.6 is 0 Å². The lowest BCUT2D eigenvalue weighted by molar-refractivity contribution is 0.381. The van der Waals surface area contributed by atoms with Crippen molar-refractivity contribution in [3.63, 3.8) is 0 Å². The predicted octanol–water partition coefficient (Wildman–Crippen LogP) is 3.60. The molecule has 0 saturated carbocycles. The monoisotopic (exact) mass is 356 g/mol. The fraction of sp³-hybridized carbons (Fsp3) is 0.600. The number of rotatable bonds is 7. The van der Waals surface area contributed by atoms with Gasteiger partial charge in [0.1, 0.15) is 0 Å². The van der Waals surface area contributed by atoms with Crippen molar-refractivity contribution >= 4 is 39.9 Å². The maximum atomic E-state index is 6.66. The van der Waals surface area contributed by atoms with Crippen LogP contribution in [0.25, 0.3) is 0 Å². The second kappa shape index (κ2) is 7.06. The normalized spacial score (nSPS) is 15.6. The van der Waals surface area contributed by atoms with E-state index in [-0.39, 0.29) is 9.52 Å². The maximum Gasteiger partial charge on any atom is 0.314 e. The summed E-state index contributed by atoms with van der Waals surface area (Å²) in [5, 5.41) is 2.11. The van der Waals surface area contributed by atoms with Gasteiger partial charge >= 0.3 is 8.56 Å². The van der Waals surface area contributed by atoms with Crippen LogP contribution in [-0.2, 0) is 8.23 Å². The molecule has 0 heterocycles. The van der Waals surface area contributed by atoms with Crippen LogP contribution in [0, 0.1) is 0 Å². The van der Waals surface area contributed by atoms with Crippen molar-refractivity contribution in [1.82, 2.24) is 0 Å². The second-order valence-electron chi connectivity index (χ2n) is 8.04. The van der Waals surface area contributed by atoms with Gasteiger partial charge < -0.3 is 8.23 Å². The summed E-state index contributed by atoms with van der Waals surface area (Å²) >= 11 is 0. The quantitative estimate of drug-likeness (QED) is 0.695. The van der Waals surface area contributed by atoms with Crippen LogP contribution in [0.15, 0.2) is 30.3 Å². The molecule has 120 valence electrons. The van der Waals surface area contributed by atoms with Gasteiger partial charge in [0.25, 0.3) is 0 Å². The minimum atomic E-state index is -2.12. The molecule has 21 heavy (non-hydrogen) atoms. The summed E-state index contributed by atoms with van der Waals surface area (Å²) in [5.74, 6) is 0. The second-order valence-corrected chi connectivity index (χ2v) is 24.4. The van der Waals surface area contributed by atoms with Gasteiger partial charge in [-0.25, -0.2) is 0 Å². The summed E-state index contributed by atoms with van der Waals surface area (Å²) in [7, 11) is -5.68. The maximum absolute atomic E-state index is 6.66. The van der Waals surface area contributed by atoms with Gasteiger partial charge in [-0.3, -0.25) is 0 Å². The number of hydrogen-bond donors (Lipinski definition) is 0. The fourth-order valence-corrected chi connectivity index (χ4v) is 19.4. The van der Waals surface area contributed by atoms with Gasteiger partial charge in [0.15, 0.2) is 16.6 Å². The lowest BCUT2D eigenvalue weighted by Gasteiger charge is -2.42. The third-order valence-corrected chi connectivity index (χ3v) is 17.6. The Morgan fingerprint density at radius 2 is 1.24 bits per heavy atom. The van der Waals surface area contributed by atoms with E-state index in [1.54, 1.807) is 0 Å². The molecule has 0 aliphatic rings. The summed E-state index contributed by atoms with van der Waals surface area (Å²) in [6.45, 7) is 18.4.